The predicted octanol–water partition coefficient (Wildman–Crippen LogP) is 4.29. The topological polar surface area (TPSA) is 18.5 Å². The predicted molar refractivity (Wildman–Crippen MR) is 67.2 cm³/mol. The van der Waals surface area contributed by atoms with Gasteiger partial charge in [-0.05, 0) is 38.5 Å². The third-order valence-corrected chi connectivity index (χ3v) is 2.97. The van der Waals surface area contributed by atoms with Gasteiger partial charge >= 0.3 is 6.18 Å². The monoisotopic (exact) mass is 276 g/mol. The molecule has 0 spiro atoms. The summed E-state index contributed by atoms with van der Waals surface area (Å²) < 4.78 is 48.8. The van der Waals surface area contributed by atoms with Crippen LogP contribution < -0.4 is 4.74 Å². The summed E-state index contributed by atoms with van der Waals surface area (Å²) in [5.41, 5.74) is -1.42. The zero-order chi connectivity index (χ0) is 14.7. The summed E-state index contributed by atoms with van der Waals surface area (Å²) in [7, 11) is 1.56. The second kappa shape index (κ2) is 5.82. The highest BCUT2D eigenvalue weighted by Gasteiger charge is 2.33. The molecule has 0 N–H and O–H groups in total. The molecule has 0 aliphatic rings. The number of rotatable bonds is 5. The Kier molecular flexibility index (Phi) is 4.85. The Morgan fingerprint density at radius 2 is 1.84 bits per heavy atom. The van der Waals surface area contributed by atoms with E-state index in [1.165, 1.54) is 12.1 Å². The van der Waals surface area contributed by atoms with Gasteiger partial charge in [0.1, 0.15) is 11.4 Å². The molecule has 0 amide bonds. The Bertz CT molecular complexity index is 409. The molecule has 0 radical (unpaired) electrons. The average molecular weight is 276 g/mol. The fourth-order valence-electron chi connectivity index (χ4n) is 2.05. The van der Waals surface area contributed by atoms with E-state index < -0.39 is 17.3 Å². The molecule has 1 unspecified atom stereocenters. The molecule has 19 heavy (non-hydrogen) atoms. The van der Waals surface area contributed by atoms with Gasteiger partial charge in [0.25, 0.3) is 0 Å². The van der Waals surface area contributed by atoms with Crippen LogP contribution in [0.25, 0.3) is 0 Å². The number of ether oxygens (including phenoxy) is 2. The number of methoxy groups -OCH3 is 1. The van der Waals surface area contributed by atoms with Crippen molar-refractivity contribution in [3.05, 3.63) is 29.8 Å². The van der Waals surface area contributed by atoms with Crippen molar-refractivity contribution >= 4 is 0 Å². The Hall–Kier alpha value is -1.23. The molecule has 0 saturated carbocycles. The fourth-order valence-corrected chi connectivity index (χ4v) is 2.05. The minimum absolute atomic E-state index is 0.190. The zero-order valence-electron chi connectivity index (χ0n) is 11.5. The normalized spacial score (nSPS) is 14.3. The van der Waals surface area contributed by atoms with Crippen LogP contribution in [0, 0.1) is 0 Å². The highest BCUT2D eigenvalue weighted by molar-refractivity contribution is 5.30. The van der Waals surface area contributed by atoms with E-state index in [2.05, 4.69) is 0 Å². The Labute approximate surface area is 111 Å². The smallest absolute Gasteiger partial charge is 0.416 e. The maximum atomic E-state index is 12.6. The van der Waals surface area contributed by atoms with E-state index in [0.717, 1.165) is 12.1 Å². The van der Waals surface area contributed by atoms with Gasteiger partial charge in [-0.2, -0.15) is 13.2 Å². The molecule has 0 fully saturated rings. The van der Waals surface area contributed by atoms with Crippen molar-refractivity contribution in [2.75, 3.05) is 7.11 Å². The zero-order valence-corrected chi connectivity index (χ0v) is 11.5. The molecule has 1 atom stereocenters. The average Bonchev–Trinajstić information content (AvgIpc) is 2.28. The van der Waals surface area contributed by atoms with Crippen molar-refractivity contribution in [3.8, 4) is 5.75 Å². The first-order valence-electron chi connectivity index (χ1n) is 6.09. The summed E-state index contributed by atoms with van der Waals surface area (Å²) in [6.45, 7) is 5.53. The van der Waals surface area contributed by atoms with Crippen molar-refractivity contribution in [1.29, 1.82) is 0 Å². The van der Waals surface area contributed by atoms with E-state index in [9.17, 15) is 13.2 Å². The lowest BCUT2D eigenvalue weighted by Gasteiger charge is -2.33. The Morgan fingerprint density at radius 3 is 2.32 bits per heavy atom. The first-order chi connectivity index (χ1) is 8.70. The van der Waals surface area contributed by atoms with Crippen LogP contribution >= 0.6 is 0 Å². The first-order valence-corrected chi connectivity index (χ1v) is 6.09. The third kappa shape index (κ3) is 4.13. The van der Waals surface area contributed by atoms with Crippen molar-refractivity contribution in [3.63, 3.8) is 0 Å². The van der Waals surface area contributed by atoms with Gasteiger partial charge < -0.3 is 9.47 Å². The Balaban J connectivity index is 2.94. The second-order valence-electron chi connectivity index (χ2n) is 4.86. The largest absolute Gasteiger partial charge is 0.485 e. The summed E-state index contributed by atoms with van der Waals surface area (Å²) >= 11 is 0. The van der Waals surface area contributed by atoms with E-state index >= 15 is 0 Å². The van der Waals surface area contributed by atoms with E-state index in [1.807, 2.05) is 6.92 Å². The van der Waals surface area contributed by atoms with Crippen LogP contribution in [0.4, 0.5) is 13.2 Å². The molecule has 0 aliphatic carbocycles. The van der Waals surface area contributed by atoms with Gasteiger partial charge in [0.2, 0.25) is 0 Å². The van der Waals surface area contributed by atoms with Crippen molar-refractivity contribution in [1.82, 2.24) is 0 Å². The molecule has 0 bridgehead atoms. The van der Waals surface area contributed by atoms with Gasteiger partial charge in [-0.25, -0.2) is 0 Å². The van der Waals surface area contributed by atoms with E-state index in [1.54, 1.807) is 21.0 Å². The maximum Gasteiger partial charge on any atom is 0.416 e. The van der Waals surface area contributed by atoms with Crippen LogP contribution in [0.2, 0.25) is 0 Å². The number of benzene rings is 1. The molecule has 0 aromatic heterocycles. The van der Waals surface area contributed by atoms with Gasteiger partial charge in [0, 0.05) is 7.11 Å². The summed E-state index contributed by atoms with van der Waals surface area (Å²) in [4.78, 5) is 0. The minimum atomic E-state index is -4.37. The highest BCUT2D eigenvalue weighted by atomic mass is 19.4. The van der Waals surface area contributed by atoms with Crippen molar-refractivity contribution in [2.24, 2.45) is 0 Å². The third-order valence-electron chi connectivity index (χ3n) is 2.97. The lowest BCUT2D eigenvalue weighted by Crippen LogP contribution is -2.42. The quantitative estimate of drug-likeness (QED) is 0.798. The van der Waals surface area contributed by atoms with Crippen LogP contribution in [-0.2, 0) is 10.9 Å². The first kappa shape index (κ1) is 15.8. The van der Waals surface area contributed by atoms with Crippen molar-refractivity contribution < 1.29 is 22.6 Å². The van der Waals surface area contributed by atoms with Gasteiger partial charge in [-0.3, -0.25) is 0 Å². The molecule has 0 saturated heterocycles. The SMILES string of the molecule is CCC(OC)C(C)(C)Oc1cccc(C(F)(F)F)c1. The van der Waals surface area contributed by atoms with Crippen LogP contribution in [0.1, 0.15) is 32.8 Å². The molecule has 5 heteroatoms. The number of alkyl halides is 3. The molecule has 0 heterocycles. The maximum absolute atomic E-state index is 12.6. The summed E-state index contributed by atoms with van der Waals surface area (Å²) in [5, 5.41) is 0. The highest BCUT2D eigenvalue weighted by Crippen LogP contribution is 2.33. The van der Waals surface area contributed by atoms with Crippen LogP contribution in [-0.4, -0.2) is 18.8 Å². The second-order valence-corrected chi connectivity index (χ2v) is 4.86. The number of hydrogen-bond donors (Lipinski definition) is 0. The lowest BCUT2D eigenvalue weighted by atomic mass is 9.99. The molecule has 1 aromatic carbocycles. The molecule has 1 aromatic rings. The van der Waals surface area contributed by atoms with E-state index in [4.69, 9.17) is 9.47 Å². The van der Waals surface area contributed by atoms with Crippen molar-refractivity contribution in [2.45, 2.75) is 45.1 Å². The van der Waals surface area contributed by atoms with Crippen LogP contribution in [0.3, 0.4) is 0 Å². The van der Waals surface area contributed by atoms with Gasteiger partial charge in [-0.15, -0.1) is 0 Å². The molecule has 1 rings (SSSR count). The molecular weight excluding hydrogens is 257 g/mol. The Morgan fingerprint density at radius 1 is 1.21 bits per heavy atom. The van der Waals surface area contributed by atoms with E-state index in [-0.39, 0.29) is 11.9 Å². The van der Waals surface area contributed by atoms with E-state index in [0.29, 0.717) is 6.42 Å². The molecule has 2 nitrogen and oxygen atoms in total. The number of halogens is 3. The molecular formula is C14H19F3O2. The van der Waals surface area contributed by atoms with Gasteiger partial charge in [-0.1, -0.05) is 13.0 Å². The van der Waals surface area contributed by atoms with Gasteiger partial charge in [0.15, 0.2) is 0 Å². The minimum Gasteiger partial charge on any atom is -0.485 e. The van der Waals surface area contributed by atoms with Crippen LogP contribution in [0.5, 0.6) is 5.75 Å². The van der Waals surface area contributed by atoms with Crippen LogP contribution in [0.15, 0.2) is 24.3 Å². The summed E-state index contributed by atoms with van der Waals surface area (Å²) in [6, 6.07) is 4.87. The standard InChI is InChI=1S/C14H19F3O2/c1-5-12(18-4)13(2,3)19-11-8-6-7-10(9-11)14(15,16)17/h6-9,12H,5H2,1-4H3. The fraction of sp³-hybridized carbons (Fsp3) is 0.571. The molecule has 108 valence electrons. The number of hydrogen-bond acceptors (Lipinski definition) is 2. The van der Waals surface area contributed by atoms with Gasteiger partial charge in [0.05, 0.1) is 11.7 Å². The summed E-state index contributed by atoms with van der Waals surface area (Å²) in [6.07, 6.45) is -3.85. The molecule has 0 aliphatic heterocycles. The summed E-state index contributed by atoms with van der Waals surface area (Å²) in [5.74, 6) is 0.190. The lowest BCUT2D eigenvalue weighted by molar-refractivity contribution is -0.137.